The summed E-state index contributed by atoms with van der Waals surface area (Å²) < 4.78 is 15.7. The number of hydrogen-bond donors (Lipinski definition) is 1. The zero-order valence-corrected chi connectivity index (χ0v) is 12.3. The number of para-hydroxylation sites is 1. The lowest BCUT2D eigenvalue weighted by Crippen LogP contribution is -3.14. The maximum atomic E-state index is 11.7. The molecule has 0 spiro atoms. The lowest BCUT2D eigenvalue weighted by atomic mass is 10.2. The van der Waals surface area contributed by atoms with Crippen LogP contribution in [0.25, 0.3) is 6.08 Å². The van der Waals surface area contributed by atoms with E-state index in [4.69, 9.17) is 14.2 Å². The van der Waals surface area contributed by atoms with Crippen molar-refractivity contribution in [3.05, 3.63) is 35.9 Å². The standard InChI is InChI=1S/C16H21NO4/c1-19-15-5-3-2-4-14(15)6-7-16(18)21-13-10-17-8-11-20-12-9-17/h2-7H,8-13H2,1H3/p+1. The quantitative estimate of drug-likeness (QED) is 0.600. The number of morpholine rings is 1. The molecule has 5 nitrogen and oxygen atoms in total. The van der Waals surface area contributed by atoms with Crippen LogP contribution in [-0.4, -0.2) is 52.5 Å². The van der Waals surface area contributed by atoms with E-state index in [0.29, 0.717) is 6.61 Å². The van der Waals surface area contributed by atoms with Crippen LogP contribution < -0.4 is 9.64 Å². The molecule has 0 amide bonds. The fourth-order valence-electron chi connectivity index (χ4n) is 2.22. The summed E-state index contributed by atoms with van der Waals surface area (Å²) in [6.07, 6.45) is 3.15. The molecule has 0 aliphatic carbocycles. The molecule has 1 heterocycles. The molecule has 1 saturated heterocycles. The molecule has 1 aliphatic heterocycles. The van der Waals surface area contributed by atoms with Gasteiger partial charge >= 0.3 is 5.97 Å². The molecule has 1 aromatic carbocycles. The maximum Gasteiger partial charge on any atom is 0.330 e. The smallest absolute Gasteiger partial charge is 0.330 e. The fourth-order valence-corrected chi connectivity index (χ4v) is 2.22. The largest absolute Gasteiger partial charge is 0.496 e. The summed E-state index contributed by atoms with van der Waals surface area (Å²) in [6, 6.07) is 7.53. The molecule has 5 heteroatoms. The Morgan fingerprint density at radius 1 is 1.33 bits per heavy atom. The lowest BCUT2D eigenvalue weighted by molar-refractivity contribution is -0.908. The van der Waals surface area contributed by atoms with Crippen molar-refractivity contribution in [3.8, 4) is 5.75 Å². The third-order valence-electron chi connectivity index (χ3n) is 3.44. The Morgan fingerprint density at radius 3 is 2.86 bits per heavy atom. The van der Waals surface area contributed by atoms with Gasteiger partial charge in [-0.3, -0.25) is 0 Å². The SMILES string of the molecule is COc1ccccc1C=CC(=O)OCC[NH+]1CCOCC1. The van der Waals surface area contributed by atoms with E-state index < -0.39 is 0 Å². The number of nitrogens with one attached hydrogen (secondary N) is 1. The Morgan fingerprint density at radius 2 is 2.10 bits per heavy atom. The van der Waals surface area contributed by atoms with Crippen LogP contribution in [0.2, 0.25) is 0 Å². The third kappa shape index (κ3) is 5.21. The van der Waals surface area contributed by atoms with Crippen molar-refractivity contribution >= 4 is 12.0 Å². The molecule has 1 aliphatic rings. The second kappa shape index (κ2) is 8.44. The van der Waals surface area contributed by atoms with Crippen molar-refractivity contribution in [2.45, 2.75) is 0 Å². The Bertz CT molecular complexity index is 481. The second-order valence-corrected chi connectivity index (χ2v) is 4.86. The van der Waals surface area contributed by atoms with Gasteiger partial charge in [-0.05, 0) is 12.1 Å². The summed E-state index contributed by atoms with van der Waals surface area (Å²) in [5, 5.41) is 0. The van der Waals surface area contributed by atoms with Gasteiger partial charge in [0, 0.05) is 11.6 Å². The average Bonchev–Trinajstić information content (AvgIpc) is 2.54. The van der Waals surface area contributed by atoms with E-state index in [2.05, 4.69) is 0 Å². The van der Waals surface area contributed by atoms with Crippen LogP contribution >= 0.6 is 0 Å². The predicted octanol–water partition coefficient (Wildman–Crippen LogP) is 0.167. The molecular weight excluding hydrogens is 270 g/mol. The Kier molecular flexibility index (Phi) is 6.24. The van der Waals surface area contributed by atoms with Gasteiger partial charge in [0.25, 0.3) is 0 Å². The van der Waals surface area contributed by atoms with E-state index >= 15 is 0 Å². The number of benzene rings is 1. The molecule has 0 radical (unpaired) electrons. The highest BCUT2D eigenvalue weighted by Gasteiger charge is 2.13. The second-order valence-electron chi connectivity index (χ2n) is 4.86. The van der Waals surface area contributed by atoms with E-state index in [1.807, 2.05) is 24.3 Å². The van der Waals surface area contributed by atoms with Crippen molar-refractivity contribution in [1.82, 2.24) is 0 Å². The first-order valence-corrected chi connectivity index (χ1v) is 7.19. The molecule has 1 fully saturated rings. The van der Waals surface area contributed by atoms with Gasteiger partial charge in [0.05, 0.1) is 20.3 Å². The Hall–Kier alpha value is -1.85. The van der Waals surface area contributed by atoms with Crippen LogP contribution in [0, 0.1) is 0 Å². The van der Waals surface area contributed by atoms with Gasteiger partial charge in [0.2, 0.25) is 0 Å². The zero-order valence-electron chi connectivity index (χ0n) is 12.3. The molecule has 114 valence electrons. The first-order chi connectivity index (χ1) is 10.3. The van der Waals surface area contributed by atoms with Crippen molar-refractivity contribution in [2.75, 3.05) is 46.6 Å². The first-order valence-electron chi connectivity index (χ1n) is 7.19. The maximum absolute atomic E-state index is 11.7. The molecule has 0 bridgehead atoms. The molecule has 0 unspecified atom stereocenters. The Balaban J connectivity index is 1.74. The average molecular weight is 292 g/mol. The van der Waals surface area contributed by atoms with Crippen LogP contribution in [-0.2, 0) is 14.3 Å². The first kappa shape index (κ1) is 15.5. The highest BCUT2D eigenvalue weighted by atomic mass is 16.5. The van der Waals surface area contributed by atoms with E-state index in [-0.39, 0.29) is 5.97 Å². The number of methoxy groups -OCH3 is 1. The summed E-state index contributed by atoms with van der Waals surface area (Å²) >= 11 is 0. The van der Waals surface area contributed by atoms with Gasteiger partial charge in [0.15, 0.2) is 0 Å². The predicted molar refractivity (Wildman–Crippen MR) is 79.4 cm³/mol. The summed E-state index contributed by atoms with van der Waals surface area (Å²) in [6.45, 7) is 4.80. The number of carbonyl (C=O) groups is 1. The molecule has 0 atom stereocenters. The van der Waals surface area contributed by atoms with Gasteiger partial charge in [-0.1, -0.05) is 18.2 Å². The fraction of sp³-hybridized carbons (Fsp3) is 0.438. The topological polar surface area (TPSA) is 49.2 Å². The van der Waals surface area contributed by atoms with Crippen LogP contribution in [0.1, 0.15) is 5.56 Å². The van der Waals surface area contributed by atoms with Crippen molar-refractivity contribution in [1.29, 1.82) is 0 Å². The van der Waals surface area contributed by atoms with Gasteiger partial charge in [-0.15, -0.1) is 0 Å². The molecule has 0 aromatic heterocycles. The van der Waals surface area contributed by atoms with E-state index in [1.54, 1.807) is 13.2 Å². The highest BCUT2D eigenvalue weighted by Crippen LogP contribution is 2.18. The van der Waals surface area contributed by atoms with Gasteiger partial charge in [-0.25, -0.2) is 4.79 Å². The molecular formula is C16H22NO4+. The van der Waals surface area contributed by atoms with E-state index in [0.717, 1.165) is 44.2 Å². The molecule has 21 heavy (non-hydrogen) atoms. The summed E-state index contributed by atoms with van der Waals surface area (Å²) in [7, 11) is 1.61. The summed E-state index contributed by atoms with van der Waals surface area (Å²) in [5.74, 6) is 0.410. The lowest BCUT2D eigenvalue weighted by Gasteiger charge is -2.23. The molecule has 1 N–H and O–H groups in total. The molecule has 1 aromatic rings. The minimum atomic E-state index is -0.325. The Labute approximate surface area is 125 Å². The van der Waals surface area contributed by atoms with E-state index in [9.17, 15) is 4.79 Å². The van der Waals surface area contributed by atoms with Crippen molar-refractivity contribution in [3.63, 3.8) is 0 Å². The van der Waals surface area contributed by atoms with Crippen LogP contribution in [0.15, 0.2) is 30.3 Å². The highest BCUT2D eigenvalue weighted by molar-refractivity contribution is 5.87. The number of quaternary nitrogens is 1. The number of rotatable bonds is 6. The summed E-state index contributed by atoms with van der Waals surface area (Å²) in [5.41, 5.74) is 0.857. The van der Waals surface area contributed by atoms with Crippen LogP contribution in [0.4, 0.5) is 0 Å². The number of hydrogen-bond acceptors (Lipinski definition) is 4. The summed E-state index contributed by atoms with van der Waals surface area (Å²) in [4.78, 5) is 13.1. The number of esters is 1. The van der Waals surface area contributed by atoms with Crippen molar-refractivity contribution < 1.29 is 23.9 Å². The van der Waals surface area contributed by atoms with Crippen LogP contribution in [0.5, 0.6) is 5.75 Å². The minimum Gasteiger partial charge on any atom is -0.496 e. The minimum absolute atomic E-state index is 0.325. The number of ether oxygens (including phenoxy) is 3. The monoisotopic (exact) mass is 292 g/mol. The van der Waals surface area contributed by atoms with Crippen LogP contribution in [0.3, 0.4) is 0 Å². The zero-order chi connectivity index (χ0) is 14.9. The van der Waals surface area contributed by atoms with Gasteiger partial charge in [0.1, 0.15) is 32.0 Å². The molecule has 2 rings (SSSR count). The van der Waals surface area contributed by atoms with Crippen molar-refractivity contribution in [2.24, 2.45) is 0 Å². The van der Waals surface area contributed by atoms with Gasteiger partial charge < -0.3 is 19.1 Å². The third-order valence-corrected chi connectivity index (χ3v) is 3.44. The number of carbonyl (C=O) groups excluding carboxylic acids is 1. The van der Waals surface area contributed by atoms with E-state index in [1.165, 1.54) is 11.0 Å². The molecule has 0 saturated carbocycles. The normalized spacial score (nSPS) is 16.0. The van der Waals surface area contributed by atoms with Gasteiger partial charge in [-0.2, -0.15) is 0 Å².